The van der Waals surface area contributed by atoms with Crippen molar-refractivity contribution in [1.29, 1.82) is 0 Å². The van der Waals surface area contributed by atoms with Gasteiger partial charge in [-0.05, 0) is 31.2 Å². The van der Waals surface area contributed by atoms with Gasteiger partial charge in [0.1, 0.15) is 0 Å². The van der Waals surface area contributed by atoms with Crippen LogP contribution in [0.5, 0.6) is 0 Å². The molecule has 0 spiro atoms. The molecule has 0 radical (unpaired) electrons. The Morgan fingerprint density at radius 3 is 2.64 bits per heavy atom. The van der Waals surface area contributed by atoms with Crippen molar-refractivity contribution in [2.45, 2.75) is 38.7 Å². The van der Waals surface area contributed by atoms with Gasteiger partial charge in [-0.15, -0.1) is 0 Å². The molecule has 1 N–H and O–H groups in total. The molecule has 1 aromatic rings. The summed E-state index contributed by atoms with van der Waals surface area (Å²) in [6, 6.07) is 10.1. The van der Waals surface area contributed by atoms with Crippen molar-refractivity contribution >= 4 is 11.9 Å². The van der Waals surface area contributed by atoms with Gasteiger partial charge in [-0.1, -0.05) is 36.8 Å². The first-order valence-electron chi connectivity index (χ1n) is 9.26. The second-order valence-corrected chi connectivity index (χ2v) is 7.34. The standard InChI is InChI=1S/C20H27NO4/c22-19(17-7-4-8-18(11-17)20(23)24)21-10-9-16(12-21)14-25-13-15-5-2-1-3-6-15/h1-3,5-6,16-18H,4,7-14H2,(H,23,24)/t16-,17+,18-/m1/s1. The summed E-state index contributed by atoms with van der Waals surface area (Å²) in [7, 11) is 0. The number of hydrogen-bond acceptors (Lipinski definition) is 3. The Kier molecular flexibility index (Phi) is 6.08. The van der Waals surface area contributed by atoms with Crippen molar-refractivity contribution in [3.8, 4) is 0 Å². The monoisotopic (exact) mass is 345 g/mol. The molecule has 136 valence electrons. The van der Waals surface area contributed by atoms with Crippen molar-refractivity contribution in [2.75, 3.05) is 19.7 Å². The van der Waals surface area contributed by atoms with E-state index in [4.69, 9.17) is 4.74 Å². The van der Waals surface area contributed by atoms with E-state index in [0.29, 0.717) is 32.0 Å². The highest BCUT2D eigenvalue weighted by Crippen LogP contribution is 2.32. The molecule has 5 nitrogen and oxygen atoms in total. The molecular formula is C20H27NO4. The second kappa shape index (κ2) is 8.48. The number of carboxylic acid groups (broad SMARTS) is 1. The average molecular weight is 345 g/mol. The number of rotatable bonds is 6. The van der Waals surface area contributed by atoms with E-state index in [-0.39, 0.29) is 17.7 Å². The second-order valence-electron chi connectivity index (χ2n) is 7.34. The highest BCUT2D eigenvalue weighted by molar-refractivity contribution is 5.80. The normalized spacial score (nSPS) is 26.6. The summed E-state index contributed by atoms with van der Waals surface area (Å²) in [6.07, 6.45) is 3.84. The van der Waals surface area contributed by atoms with Gasteiger partial charge in [-0.3, -0.25) is 9.59 Å². The number of aliphatic carboxylic acids is 1. The number of carbonyl (C=O) groups excluding carboxylic acids is 1. The molecule has 3 atom stereocenters. The number of hydrogen-bond donors (Lipinski definition) is 1. The number of ether oxygens (including phenoxy) is 1. The minimum atomic E-state index is -0.758. The van der Waals surface area contributed by atoms with Crippen LogP contribution in [-0.4, -0.2) is 41.6 Å². The lowest BCUT2D eigenvalue weighted by Gasteiger charge is -2.29. The predicted molar refractivity (Wildman–Crippen MR) is 93.9 cm³/mol. The molecule has 3 rings (SSSR count). The molecule has 25 heavy (non-hydrogen) atoms. The largest absolute Gasteiger partial charge is 0.481 e. The average Bonchev–Trinajstić information content (AvgIpc) is 3.11. The smallest absolute Gasteiger partial charge is 0.306 e. The van der Waals surface area contributed by atoms with E-state index in [1.165, 1.54) is 0 Å². The molecule has 1 aromatic carbocycles. The predicted octanol–water partition coefficient (Wildman–Crippen LogP) is 2.94. The summed E-state index contributed by atoms with van der Waals surface area (Å²) in [6.45, 7) is 2.78. The lowest BCUT2D eigenvalue weighted by Crippen LogP contribution is -2.38. The fourth-order valence-electron chi connectivity index (χ4n) is 3.98. The maximum atomic E-state index is 12.7. The third-order valence-electron chi connectivity index (χ3n) is 5.44. The van der Waals surface area contributed by atoms with Gasteiger partial charge in [0.15, 0.2) is 0 Å². The van der Waals surface area contributed by atoms with Gasteiger partial charge in [0, 0.05) is 24.9 Å². The third-order valence-corrected chi connectivity index (χ3v) is 5.44. The number of amides is 1. The minimum absolute atomic E-state index is 0.112. The van der Waals surface area contributed by atoms with Crippen molar-refractivity contribution in [2.24, 2.45) is 17.8 Å². The molecule has 1 heterocycles. The molecular weight excluding hydrogens is 318 g/mol. The van der Waals surface area contributed by atoms with Crippen LogP contribution in [0.15, 0.2) is 30.3 Å². The van der Waals surface area contributed by atoms with Crippen LogP contribution >= 0.6 is 0 Å². The first-order valence-corrected chi connectivity index (χ1v) is 9.26. The molecule has 0 bridgehead atoms. The number of carbonyl (C=O) groups is 2. The first-order chi connectivity index (χ1) is 12.1. The topological polar surface area (TPSA) is 66.8 Å². The van der Waals surface area contributed by atoms with Crippen molar-refractivity contribution in [3.63, 3.8) is 0 Å². The van der Waals surface area contributed by atoms with Crippen LogP contribution in [0.3, 0.4) is 0 Å². The van der Waals surface area contributed by atoms with Gasteiger partial charge in [-0.25, -0.2) is 0 Å². The van der Waals surface area contributed by atoms with E-state index in [0.717, 1.165) is 37.9 Å². The van der Waals surface area contributed by atoms with E-state index in [9.17, 15) is 14.7 Å². The van der Waals surface area contributed by atoms with Crippen molar-refractivity contribution < 1.29 is 19.4 Å². The summed E-state index contributed by atoms with van der Waals surface area (Å²) >= 11 is 0. The molecule has 2 fully saturated rings. The maximum absolute atomic E-state index is 12.7. The van der Waals surface area contributed by atoms with E-state index in [2.05, 4.69) is 0 Å². The van der Waals surface area contributed by atoms with Gasteiger partial charge in [0.05, 0.1) is 19.1 Å². The zero-order valence-electron chi connectivity index (χ0n) is 14.6. The van der Waals surface area contributed by atoms with E-state index in [1.807, 2.05) is 35.2 Å². The first kappa shape index (κ1) is 17.9. The Morgan fingerprint density at radius 1 is 1.12 bits per heavy atom. The van der Waals surface area contributed by atoms with Crippen LogP contribution in [0.4, 0.5) is 0 Å². The molecule has 1 saturated carbocycles. The molecule has 1 aliphatic heterocycles. The Bertz CT molecular complexity index is 589. The van der Waals surface area contributed by atoms with E-state index < -0.39 is 5.97 Å². The minimum Gasteiger partial charge on any atom is -0.481 e. The number of carboxylic acids is 1. The summed E-state index contributed by atoms with van der Waals surface area (Å²) in [4.78, 5) is 25.8. The Labute approximate surface area is 149 Å². The molecule has 2 aliphatic rings. The highest BCUT2D eigenvalue weighted by atomic mass is 16.5. The van der Waals surface area contributed by atoms with Crippen LogP contribution in [0.2, 0.25) is 0 Å². The summed E-state index contributed by atoms with van der Waals surface area (Å²) in [5.41, 5.74) is 1.16. The molecule has 0 unspecified atom stereocenters. The molecule has 5 heteroatoms. The van der Waals surface area contributed by atoms with Gasteiger partial charge < -0.3 is 14.7 Å². The van der Waals surface area contributed by atoms with Crippen LogP contribution in [0.1, 0.15) is 37.7 Å². The Hall–Kier alpha value is -1.88. The van der Waals surface area contributed by atoms with Gasteiger partial charge in [-0.2, -0.15) is 0 Å². The van der Waals surface area contributed by atoms with Crippen molar-refractivity contribution in [1.82, 2.24) is 4.90 Å². The SMILES string of the molecule is O=C(O)[C@@H]1CCC[C@H](C(=O)N2CC[C@@H](COCc3ccccc3)C2)C1. The van der Waals surface area contributed by atoms with E-state index >= 15 is 0 Å². The zero-order valence-corrected chi connectivity index (χ0v) is 14.6. The fourth-order valence-corrected chi connectivity index (χ4v) is 3.98. The Morgan fingerprint density at radius 2 is 1.88 bits per heavy atom. The molecule has 1 saturated heterocycles. The summed E-state index contributed by atoms with van der Waals surface area (Å²) in [5, 5.41) is 9.19. The maximum Gasteiger partial charge on any atom is 0.306 e. The highest BCUT2D eigenvalue weighted by Gasteiger charge is 2.35. The van der Waals surface area contributed by atoms with Gasteiger partial charge in [0.2, 0.25) is 5.91 Å². The Balaban J connectivity index is 1.42. The lowest BCUT2D eigenvalue weighted by atomic mass is 9.81. The fraction of sp³-hybridized carbons (Fsp3) is 0.600. The molecule has 0 aromatic heterocycles. The summed E-state index contributed by atoms with van der Waals surface area (Å²) in [5.74, 6) is -0.691. The lowest BCUT2D eigenvalue weighted by molar-refractivity contribution is -0.145. The summed E-state index contributed by atoms with van der Waals surface area (Å²) < 4.78 is 5.81. The van der Waals surface area contributed by atoms with Crippen LogP contribution < -0.4 is 0 Å². The van der Waals surface area contributed by atoms with Gasteiger partial charge in [0.25, 0.3) is 0 Å². The van der Waals surface area contributed by atoms with Crippen molar-refractivity contribution in [3.05, 3.63) is 35.9 Å². The van der Waals surface area contributed by atoms with Crippen LogP contribution in [0.25, 0.3) is 0 Å². The van der Waals surface area contributed by atoms with Crippen LogP contribution in [0, 0.1) is 17.8 Å². The van der Waals surface area contributed by atoms with Crippen LogP contribution in [-0.2, 0) is 20.9 Å². The number of likely N-dealkylation sites (tertiary alicyclic amines) is 1. The van der Waals surface area contributed by atoms with Gasteiger partial charge >= 0.3 is 5.97 Å². The quantitative estimate of drug-likeness (QED) is 0.861. The molecule has 1 aliphatic carbocycles. The number of nitrogens with zero attached hydrogens (tertiary/aromatic N) is 1. The third kappa shape index (κ3) is 4.82. The van der Waals surface area contributed by atoms with E-state index in [1.54, 1.807) is 0 Å². The number of benzene rings is 1. The molecule has 1 amide bonds. The zero-order chi connectivity index (χ0) is 17.6.